The molecular weight excluding hydrogens is 364 g/mol. The lowest BCUT2D eigenvalue weighted by molar-refractivity contribution is -0.0378. The Kier molecular flexibility index (Phi) is 7.52. The molecule has 12 N–H and O–H groups in total. The number of ether oxygens (including phenoxy) is 4. The van der Waals surface area contributed by atoms with Gasteiger partial charge in [-0.25, -0.2) is 0 Å². The summed E-state index contributed by atoms with van der Waals surface area (Å²) in [6, 6.07) is 9.85. The smallest absolute Gasteiger partial charge is 0.236 e. The van der Waals surface area contributed by atoms with Gasteiger partial charge in [-0.15, -0.1) is 0 Å². The Bertz CT molecular complexity index is 772. The van der Waals surface area contributed by atoms with Gasteiger partial charge in [-0.05, 0) is 24.3 Å². The molecule has 0 bridgehead atoms. The first-order valence-electron chi connectivity index (χ1n) is 8.62. The highest BCUT2D eigenvalue weighted by atomic mass is 16.6. The van der Waals surface area contributed by atoms with Crippen molar-refractivity contribution in [1.82, 2.24) is 0 Å². The molecule has 0 spiro atoms. The summed E-state index contributed by atoms with van der Waals surface area (Å²) in [5.74, 6) is -0.743. The molecule has 0 aromatic heterocycles. The fraction of sp³-hybridized carbons (Fsp3) is 0.333. The third-order valence-electron chi connectivity index (χ3n) is 3.56. The Morgan fingerprint density at radius 3 is 1.89 bits per heavy atom. The fourth-order valence-corrected chi connectivity index (χ4v) is 2.21. The molecule has 10 nitrogen and oxygen atoms in total. The summed E-state index contributed by atoms with van der Waals surface area (Å²) in [6.07, 6.45) is 0. The molecule has 0 atom stereocenters. The van der Waals surface area contributed by atoms with Crippen LogP contribution in [0.5, 0.6) is 11.5 Å². The molecule has 2 aromatic carbocycles. The standard InChI is InChI=1S/C18H28N6O4/c19-12-1-3-14(21)16(9-12)27-8-7-25-5-6-26-11-18(23,24)28-17-10-13(20)2-4-15(17)22/h1-4,9-10H,5-8,11,19-24H2. The van der Waals surface area contributed by atoms with Crippen molar-refractivity contribution in [3.63, 3.8) is 0 Å². The molecule has 0 radical (unpaired) electrons. The number of hydrogen-bond acceptors (Lipinski definition) is 10. The molecule has 0 aliphatic carbocycles. The molecular formula is C18H28N6O4. The van der Waals surface area contributed by atoms with Crippen LogP contribution in [0.1, 0.15) is 0 Å². The Hall–Kier alpha value is -2.92. The van der Waals surface area contributed by atoms with Crippen molar-refractivity contribution in [2.75, 3.05) is 56.0 Å². The Morgan fingerprint density at radius 2 is 1.21 bits per heavy atom. The topological polar surface area (TPSA) is 193 Å². The first-order chi connectivity index (χ1) is 13.3. The maximum absolute atomic E-state index is 5.87. The zero-order valence-electron chi connectivity index (χ0n) is 15.6. The number of nitrogens with two attached hydrogens (primary N) is 6. The Morgan fingerprint density at radius 1 is 0.679 bits per heavy atom. The average molecular weight is 392 g/mol. The number of rotatable bonds is 11. The molecule has 0 aliphatic heterocycles. The van der Waals surface area contributed by atoms with Crippen LogP contribution >= 0.6 is 0 Å². The van der Waals surface area contributed by atoms with Gasteiger partial charge >= 0.3 is 0 Å². The van der Waals surface area contributed by atoms with E-state index in [2.05, 4.69) is 0 Å². The van der Waals surface area contributed by atoms with Crippen molar-refractivity contribution in [3.8, 4) is 11.5 Å². The maximum atomic E-state index is 5.87. The summed E-state index contributed by atoms with van der Waals surface area (Å²) in [6.45, 7) is 1.20. The van der Waals surface area contributed by atoms with E-state index in [0.717, 1.165) is 0 Å². The first-order valence-corrected chi connectivity index (χ1v) is 8.62. The highest BCUT2D eigenvalue weighted by Crippen LogP contribution is 2.25. The van der Waals surface area contributed by atoms with E-state index < -0.39 is 5.85 Å². The molecule has 0 fully saturated rings. The largest absolute Gasteiger partial charge is 0.489 e. The second kappa shape index (κ2) is 9.85. The molecule has 0 unspecified atom stereocenters. The summed E-state index contributed by atoms with van der Waals surface area (Å²) < 4.78 is 21.8. The van der Waals surface area contributed by atoms with E-state index in [1.165, 1.54) is 0 Å². The van der Waals surface area contributed by atoms with Crippen molar-refractivity contribution < 1.29 is 18.9 Å². The van der Waals surface area contributed by atoms with Gasteiger partial charge in [0.05, 0.1) is 31.2 Å². The lowest BCUT2D eigenvalue weighted by Gasteiger charge is -2.26. The number of hydrogen-bond donors (Lipinski definition) is 6. The quantitative estimate of drug-likeness (QED) is 0.173. The van der Waals surface area contributed by atoms with E-state index in [1.54, 1.807) is 36.4 Å². The Balaban J connectivity index is 1.60. The van der Waals surface area contributed by atoms with Crippen LogP contribution in [0.3, 0.4) is 0 Å². The van der Waals surface area contributed by atoms with Gasteiger partial charge in [0.15, 0.2) is 0 Å². The molecule has 0 amide bonds. The molecule has 10 heteroatoms. The summed E-state index contributed by atoms with van der Waals surface area (Å²) in [7, 11) is 0. The minimum atomic E-state index is -1.56. The molecule has 0 saturated carbocycles. The third kappa shape index (κ3) is 7.00. The number of nitrogen functional groups attached to an aromatic ring is 4. The van der Waals surface area contributed by atoms with Crippen LogP contribution in [-0.2, 0) is 9.47 Å². The van der Waals surface area contributed by atoms with Crippen LogP contribution in [0.25, 0.3) is 0 Å². The van der Waals surface area contributed by atoms with E-state index in [-0.39, 0.29) is 13.2 Å². The zero-order chi connectivity index (χ0) is 20.6. The van der Waals surface area contributed by atoms with Crippen LogP contribution in [0.2, 0.25) is 0 Å². The van der Waals surface area contributed by atoms with Crippen molar-refractivity contribution in [2.45, 2.75) is 5.85 Å². The van der Waals surface area contributed by atoms with E-state index in [9.17, 15) is 0 Å². The van der Waals surface area contributed by atoms with E-state index >= 15 is 0 Å². The van der Waals surface area contributed by atoms with Gasteiger partial charge in [0.2, 0.25) is 5.85 Å². The van der Waals surface area contributed by atoms with Crippen LogP contribution in [0, 0.1) is 0 Å². The molecule has 154 valence electrons. The van der Waals surface area contributed by atoms with Gasteiger partial charge in [0.25, 0.3) is 0 Å². The van der Waals surface area contributed by atoms with Crippen LogP contribution in [-0.4, -0.2) is 38.9 Å². The van der Waals surface area contributed by atoms with Gasteiger partial charge in [0.1, 0.15) is 24.7 Å². The molecule has 2 aromatic rings. The molecule has 0 aliphatic rings. The van der Waals surface area contributed by atoms with Crippen molar-refractivity contribution in [1.29, 1.82) is 0 Å². The van der Waals surface area contributed by atoms with Crippen LogP contribution in [0.4, 0.5) is 22.7 Å². The van der Waals surface area contributed by atoms with Crippen molar-refractivity contribution >= 4 is 22.7 Å². The fourth-order valence-electron chi connectivity index (χ4n) is 2.21. The van der Waals surface area contributed by atoms with Crippen LogP contribution in [0.15, 0.2) is 36.4 Å². The lowest BCUT2D eigenvalue weighted by Crippen LogP contribution is -2.58. The molecule has 0 saturated heterocycles. The van der Waals surface area contributed by atoms with Gasteiger partial charge in [0, 0.05) is 23.5 Å². The van der Waals surface area contributed by atoms with Gasteiger partial charge < -0.3 is 41.9 Å². The van der Waals surface area contributed by atoms with E-state index in [1.807, 2.05) is 0 Å². The molecule has 28 heavy (non-hydrogen) atoms. The average Bonchev–Trinajstić information content (AvgIpc) is 2.63. The van der Waals surface area contributed by atoms with Crippen molar-refractivity contribution in [2.24, 2.45) is 11.5 Å². The molecule has 2 rings (SSSR count). The van der Waals surface area contributed by atoms with Crippen LogP contribution < -0.4 is 43.9 Å². The van der Waals surface area contributed by atoms with Gasteiger partial charge in [-0.1, -0.05) is 0 Å². The minimum Gasteiger partial charge on any atom is -0.489 e. The second-order valence-corrected chi connectivity index (χ2v) is 6.16. The number of anilines is 4. The SMILES string of the molecule is Nc1ccc(N)c(OCCOCCOCC(N)(N)Oc2cc(N)ccc2N)c1. The summed E-state index contributed by atoms with van der Waals surface area (Å²) in [5, 5.41) is 0. The lowest BCUT2D eigenvalue weighted by atomic mass is 10.2. The van der Waals surface area contributed by atoms with E-state index in [0.29, 0.717) is 54.1 Å². The summed E-state index contributed by atoms with van der Waals surface area (Å²) in [5.41, 5.74) is 36.7. The highest BCUT2D eigenvalue weighted by Gasteiger charge is 2.23. The zero-order valence-corrected chi connectivity index (χ0v) is 15.6. The minimum absolute atomic E-state index is 0.0685. The van der Waals surface area contributed by atoms with Gasteiger partial charge in [-0.3, -0.25) is 11.5 Å². The predicted octanol–water partition coefficient (Wildman–Crippen LogP) is 0.0776. The van der Waals surface area contributed by atoms with Gasteiger partial charge in [-0.2, -0.15) is 0 Å². The maximum Gasteiger partial charge on any atom is 0.236 e. The number of benzene rings is 2. The normalized spacial score (nSPS) is 11.4. The first kappa shape index (κ1) is 21.4. The Labute approximate surface area is 163 Å². The third-order valence-corrected chi connectivity index (χ3v) is 3.56. The summed E-state index contributed by atoms with van der Waals surface area (Å²) >= 11 is 0. The second-order valence-electron chi connectivity index (χ2n) is 6.16. The molecule has 0 heterocycles. The highest BCUT2D eigenvalue weighted by molar-refractivity contribution is 5.60. The predicted molar refractivity (Wildman–Crippen MR) is 109 cm³/mol. The van der Waals surface area contributed by atoms with Crippen molar-refractivity contribution in [3.05, 3.63) is 36.4 Å². The monoisotopic (exact) mass is 392 g/mol. The van der Waals surface area contributed by atoms with E-state index in [4.69, 9.17) is 53.3 Å². The summed E-state index contributed by atoms with van der Waals surface area (Å²) in [4.78, 5) is 0.